The zero-order valence-electron chi connectivity index (χ0n) is 16.4. The Labute approximate surface area is 163 Å². The minimum absolute atomic E-state index is 0.0313. The van der Waals surface area contributed by atoms with Crippen molar-refractivity contribution in [2.45, 2.75) is 32.3 Å². The maximum absolute atomic E-state index is 12.1. The summed E-state index contributed by atoms with van der Waals surface area (Å²) in [6, 6.07) is 9.04. The van der Waals surface area contributed by atoms with E-state index in [0.717, 1.165) is 5.69 Å². The van der Waals surface area contributed by atoms with Crippen molar-refractivity contribution in [3.63, 3.8) is 0 Å². The average molecular weight is 384 g/mol. The van der Waals surface area contributed by atoms with Crippen LogP contribution < -0.4 is 4.74 Å². The first kappa shape index (κ1) is 19.7. The molecule has 28 heavy (non-hydrogen) atoms. The molecule has 0 atom stereocenters. The first-order valence-corrected chi connectivity index (χ1v) is 9.04. The van der Waals surface area contributed by atoms with Crippen LogP contribution in [0.25, 0.3) is 11.1 Å². The van der Waals surface area contributed by atoms with Crippen molar-refractivity contribution >= 4 is 12.1 Å². The highest BCUT2D eigenvalue weighted by atomic mass is 16.6. The molecule has 3 rings (SSSR count). The van der Waals surface area contributed by atoms with Gasteiger partial charge in [-0.25, -0.2) is 9.59 Å². The fraction of sp³-hybridized carbons (Fsp3) is 0.381. The summed E-state index contributed by atoms with van der Waals surface area (Å²) in [6.45, 7) is 6.45. The number of hydrogen-bond acceptors (Lipinski definition) is 5. The van der Waals surface area contributed by atoms with Crippen LogP contribution in [0.1, 0.15) is 42.7 Å². The molecule has 1 fully saturated rings. The van der Waals surface area contributed by atoms with Crippen LogP contribution in [0.15, 0.2) is 36.5 Å². The second-order valence-corrected chi connectivity index (χ2v) is 7.74. The molecule has 0 bridgehead atoms. The van der Waals surface area contributed by atoms with Gasteiger partial charge >= 0.3 is 12.1 Å². The number of aromatic nitrogens is 1. The number of aromatic carboxylic acids is 1. The van der Waals surface area contributed by atoms with E-state index in [2.05, 4.69) is 4.98 Å². The number of para-hydroxylation sites is 1. The number of pyridine rings is 1. The average Bonchev–Trinajstić information content (AvgIpc) is 2.58. The second kappa shape index (κ2) is 7.50. The lowest BCUT2D eigenvalue weighted by molar-refractivity contribution is 0.00787. The predicted octanol–water partition coefficient (Wildman–Crippen LogP) is 3.79. The Morgan fingerprint density at radius 2 is 1.86 bits per heavy atom. The smallest absolute Gasteiger partial charge is 0.410 e. The quantitative estimate of drug-likeness (QED) is 0.863. The van der Waals surface area contributed by atoms with Crippen molar-refractivity contribution < 1.29 is 24.2 Å². The summed E-state index contributed by atoms with van der Waals surface area (Å²) in [5, 5.41) is 9.56. The molecule has 1 aromatic heterocycles. The Balaban J connectivity index is 1.85. The lowest BCUT2D eigenvalue weighted by Crippen LogP contribution is -2.50. The van der Waals surface area contributed by atoms with Gasteiger partial charge in [-0.05, 0) is 32.9 Å². The Kier molecular flexibility index (Phi) is 5.27. The van der Waals surface area contributed by atoms with Gasteiger partial charge in [0.05, 0.1) is 12.7 Å². The molecule has 0 radical (unpaired) electrons. The lowest BCUT2D eigenvalue weighted by atomic mass is 9.92. The van der Waals surface area contributed by atoms with Gasteiger partial charge < -0.3 is 19.5 Å². The van der Waals surface area contributed by atoms with Gasteiger partial charge in [-0.3, -0.25) is 4.98 Å². The van der Waals surface area contributed by atoms with Crippen molar-refractivity contribution in [3.8, 4) is 16.9 Å². The van der Waals surface area contributed by atoms with Gasteiger partial charge in [-0.1, -0.05) is 18.2 Å². The minimum Gasteiger partial charge on any atom is -0.496 e. The van der Waals surface area contributed by atoms with E-state index in [1.165, 1.54) is 6.20 Å². The van der Waals surface area contributed by atoms with Crippen LogP contribution in [-0.4, -0.2) is 52.9 Å². The Bertz CT molecular complexity index is 898. The molecule has 1 N–H and O–H groups in total. The van der Waals surface area contributed by atoms with Gasteiger partial charge in [-0.2, -0.15) is 0 Å². The van der Waals surface area contributed by atoms with Gasteiger partial charge in [0, 0.05) is 42.0 Å². The standard InChI is InChI=1S/C21H24N2O5/c1-21(2,3)28-20(26)23-11-13(12-23)17-9-15(16(10-22-17)19(24)25)14-7-5-6-8-18(14)27-4/h5-10,13H,11-12H2,1-4H3,(H,24,25). The lowest BCUT2D eigenvalue weighted by Gasteiger charge is -2.39. The molecule has 1 saturated heterocycles. The van der Waals surface area contributed by atoms with E-state index in [1.807, 2.05) is 39.0 Å². The van der Waals surface area contributed by atoms with Crippen molar-refractivity contribution in [1.29, 1.82) is 0 Å². The van der Waals surface area contributed by atoms with E-state index < -0.39 is 11.6 Å². The zero-order valence-corrected chi connectivity index (χ0v) is 16.4. The molecule has 0 spiro atoms. The number of amides is 1. The van der Waals surface area contributed by atoms with Gasteiger partial charge in [0.1, 0.15) is 11.4 Å². The molecule has 1 aliphatic heterocycles. The molecule has 2 aromatic rings. The Morgan fingerprint density at radius 1 is 1.18 bits per heavy atom. The number of carboxylic acids is 1. The molecular formula is C21H24N2O5. The van der Waals surface area contributed by atoms with Crippen LogP contribution in [0.5, 0.6) is 5.75 Å². The van der Waals surface area contributed by atoms with Gasteiger partial charge in [-0.15, -0.1) is 0 Å². The zero-order chi connectivity index (χ0) is 20.5. The summed E-state index contributed by atoms with van der Waals surface area (Å²) in [5.74, 6) is -0.432. The molecule has 7 nitrogen and oxygen atoms in total. The summed E-state index contributed by atoms with van der Waals surface area (Å²) >= 11 is 0. The number of ether oxygens (including phenoxy) is 2. The molecule has 0 aliphatic carbocycles. The highest BCUT2D eigenvalue weighted by molar-refractivity contribution is 5.96. The van der Waals surface area contributed by atoms with Crippen LogP contribution in [0.3, 0.4) is 0 Å². The number of carboxylic acid groups (broad SMARTS) is 1. The molecule has 7 heteroatoms. The number of benzene rings is 1. The Hall–Kier alpha value is -3.09. The van der Waals surface area contributed by atoms with E-state index in [9.17, 15) is 14.7 Å². The van der Waals surface area contributed by atoms with E-state index >= 15 is 0 Å². The van der Waals surface area contributed by atoms with E-state index in [0.29, 0.717) is 30.0 Å². The van der Waals surface area contributed by atoms with Gasteiger partial charge in [0.25, 0.3) is 0 Å². The normalized spacial score (nSPS) is 14.4. The van der Waals surface area contributed by atoms with E-state index in [-0.39, 0.29) is 17.6 Å². The number of hydrogen-bond donors (Lipinski definition) is 1. The van der Waals surface area contributed by atoms with Crippen LogP contribution in [0.2, 0.25) is 0 Å². The number of carbonyl (C=O) groups excluding carboxylic acids is 1. The third-order valence-corrected chi connectivity index (χ3v) is 4.50. The minimum atomic E-state index is -1.05. The molecule has 0 saturated carbocycles. The predicted molar refractivity (Wildman–Crippen MR) is 104 cm³/mol. The maximum Gasteiger partial charge on any atom is 0.410 e. The number of rotatable bonds is 4. The SMILES string of the molecule is COc1ccccc1-c1cc(C2CN(C(=O)OC(C)(C)C)C2)ncc1C(=O)O. The molecule has 1 aliphatic rings. The van der Waals surface area contributed by atoms with Crippen molar-refractivity contribution in [3.05, 3.63) is 47.8 Å². The third-order valence-electron chi connectivity index (χ3n) is 4.50. The molecular weight excluding hydrogens is 360 g/mol. The molecule has 2 heterocycles. The van der Waals surface area contributed by atoms with Crippen LogP contribution in [-0.2, 0) is 4.74 Å². The fourth-order valence-corrected chi connectivity index (χ4v) is 3.10. The summed E-state index contributed by atoms with van der Waals surface area (Å²) in [5.41, 5.74) is 1.54. The molecule has 0 unspecified atom stereocenters. The monoisotopic (exact) mass is 384 g/mol. The maximum atomic E-state index is 12.1. The number of nitrogens with zero attached hydrogens (tertiary/aromatic N) is 2. The van der Waals surface area contributed by atoms with E-state index in [1.54, 1.807) is 24.1 Å². The van der Waals surface area contributed by atoms with Gasteiger partial charge in [0.15, 0.2) is 0 Å². The first-order chi connectivity index (χ1) is 13.2. The third kappa shape index (κ3) is 4.08. The number of methoxy groups -OCH3 is 1. The van der Waals surface area contributed by atoms with E-state index in [4.69, 9.17) is 9.47 Å². The summed E-state index contributed by atoms with van der Waals surface area (Å²) < 4.78 is 10.8. The van der Waals surface area contributed by atoms with Crippen molar-refractivity contribution in [2.24, 2.45) is 0 Å². The van der Waals surface area contributed by atoms with Crippen molar-refractivity contribution in [1.82, 2.24) is 9.88 Å². The Morgan fingerprint density at radius 3 is 2.46 bits per heavy atom. The van der Waals surface area contributed by atoms with Crippen molar-refractivity contribution in [2.75, 3.05) is 20.2 Å². The fourth-order valence-electron chi connectivity index (χ4n) is 3.10. The number of carbonyl (C=O) groups is 2. The highest BCUT2D eigenvalue weighted by Gasteiger charge is 2.35. The summed E-state index contributed by atoms with van der Waals surface area (Å²) in [7, 11) is 1.55. The molecule has 1 aromatic carbocycles. The molecule has 148 valence electrons. The molecule has 1 amide bonds. The van der Waals surface area contributed by atoms with Crippen LogP contribution in [0.4, 0.5) is 4.79 Å². The second-order valence-electron chi connectivity index (χ2n) is 7.74. The topological polar surface area (TPSA) is 89.0 Å². The van der Waals surface area contributed by atoms with Crippen LogP contribution in [0, 0.1) is 0 Å². The summed E-state index contributed by atoms with van der Waals surface area (Å²) in [6.07, 6.45) is 1.02. The largest absolute Gasteiger partial charge is 0.496 e. The van der Waals surface area contributed by atoms with Gasteiger partial charge in [0.2, 0.25) is 0 Å². The van der Waals surface area contributed by atoms with Crippen LogP contribution >= 0.6 is 0 Å². The number of likely N-dealkylation sites (tertiary alicyclic amines) is 1. The summed E-state index contributed by atoms with van der Waals surface area (Å²) in [4.78, 5) is 29.8. The first-order valence-electron chi connectivity index (χ1n) is 9.04. The highest BCUT2D eigenvalue weighted by Crippen LogP contribution is 2.35.